The van der Waals surface area contributed by atoms with E-state index in [0.717, 1.165) is 16.5 Å². The maximum Gasteiger partial charge on any atom is 0.337 e. The lowest BCUT2D eigenvalue weighted by atomic mass is 10.1. The number of esters is 2. The molecule has 2 heterocycles. The number of carbonyl (C=O) groups excluding carboxylic acids is 4. The number of ether oxygens (including phenoxy) is 4. The highest BCUT2D eigenvalue weighted by Crippen LogP contribution is 2.24. The van der Waals surface area contributed by atoms with Gasteiger partial charge in [0.05, 0.1) is 69.1 Å². The van der Waals surface area contributed by atoms with Crippen LogP contribution >= 0.6 is 15.9 Å². The molecule has 2 fully saturated rings. The third-order valence-electron chi connectivity index (χ3n) is 9.45. The number of amides is 4. The Bertz CT molecular complexity index is 2280. The summed E-state index contributed by atoms with van der Waals surface area (Å²) < 4.78 is 65.5. The molecule has 0 saturated carbocycles. The van der Waals surface area contributed by atoms with E-state index in [4.69, 9.17) is 14.2 Å². The van der Waals surface area contributed by atoms with Gasteiger partial charge in [-0.15, -0.1) is 0 Å². The molecule has 0 atom stereocenters. The van der Waals surface area contributed by atoms with Crippen molar-refractivity contribution in [3.05, 3.63) is 119 Å². The van der Waals surface area contributed by atoms with Crippen LogP contribution in [0.15, 0.2) is 97.1 Å². The van der Waals surface area contributed by atoms with E-state index in [1.807, 2.05) is 12.1 Å². The third-order valence-corrected chi connectivity index (χ3v) is 13.3. The quantitative estimate of drug-likeness (QED) is 0.160. The second-order valence-electron chi connectivity index (χ2n) is 13.5. The van der Waals surface area contributed by atoms with Gasteiger partial charge in [-0.3, -0.25) is 4.90 Å². The maximum atomic E-state index is 13.2. The molecule has 1 N–H and O–H groups in total. The van der Waals surface area contributed by atoms with Gasteiger partial charge in [0.2, 0.25) is 0 Å². The van der Waals surface area contributed by atoms with Gasteiger partial charge in [0.25, 0.3) is 0 Å². The van der Waals surface area contributed by atoms with Crippen LogP contribution in [0.1, 0.15) is 31.8 Å². The molecule has 0 unspecified atom stereocenters. The summed E-state index contributed by atoms with van der Waals surface area (Å²) in [6, 6.07) is 27.6. The van der Waals surface area contributed by atoms with Gasteiger partial charge in [0.15, 0.2) is 19.7 Å². The molecule has 4 aromatic carbocycles. The van der Waals surface area contributed by atoms with Crippen molar-refractivity contribution in [1.29, 1.82) is 0 Å². The Kier molecular flexibility index (Phi) is 17.9. The zero-order valence-corrected chi connectivity index (χ0v) is 37.5. The van der Waals surface area contributed by atoms with Crippen molar-refractivity contribution in [2.75, 3.05) is 87.8 Å². The molecule has 2 saturated heterocycles. The third kappa shape index (κ3) is 14.8. The monoisotopic (exact) mass is 944 g/mol. The zero-order valence-electron chi connectivity index (χ0n) is 34.2. The molecule has 0 aromatic heterocycles. The first kappa shape index (κ1) is 48.0. The second-order valence-corrected chi connectivity index (χ2v) is 18.7. The first-order valence-electron chi connectivity index (χ1n) is 18.8. The molecule has 0 bridgehead atoms. The summed E-state index contributed by atoms with van der Waals surface area (Å²) in [5.74, 6) is 0.632. The average Bonchev–Trinajstić information content (AvgIpc) is 3.28. The Labute approximate surface area is 364 Å². The van der Waals surface area contributed by atoms with E-state index in [0.29, 0.717) is 34.0 Å². The Morgan fingerprint density at radius 3 is 1.41 bits per heavy atom. The highest BCUT2D eigenvalue weighted by Gasteiger charge is 2.29. The highest BCUT2D eigenvalue weighted by molar-refractivity contribution is 9.08. The standard InChI is InChI=1S/C21H24N2O6S.C12H16N2O4S.C9H9BrO2/c1-28-19-9-7-18(8-10-19)23(21(25)22-11-13-30(26,27)14-12-22)15-16-3-5-17(6-4-16)20(24)29-2;1-18-11-4-2-10(3-5-11)13-12(15)14-6-8-19(16,17)9-7-14;1-12-9(11)8-4-2-7(6-10)3-5-8/h3-10H,11-15H2,1-2H3;2-5H,6-9H2,1H3,(H,13,15);2-5H,6H2,1H3. The normalized spacial score (nSPS) is 15.0. The number of rotatable bonds is 9. The number of hydrogen-bond donors (Lipinski definition) is 1. The summed E-state index contributed by atoms with van der Waals surface area (Å²) in [7, 11) is -0.235. The number of alkyl halides is 1. The van der Waals surface area contributed by atoms with Crippen LogP contribution in [-0.4, -0.2) is 128 Å². The minimum atomic E-state index is -3.10. The number of anilines is 2. The van der Waals surface area contributed by atoms with Gasteiger partial charge in [0.1, 0.15) is 11.5 Å². The molecule has 6 rings (SSSR count). The molecule has 2 aliphatic heterocycles. The van der Waals surface area contributed by atoms with E-state index in [9.17, 15) is 36.0 Å². The van der Waals surface area contributed by atoms with Gasteiger partial charge in [-0.2, -0.15) is 0 Å². The number of nitrogens with one attached hydrogen (secondary N) is 1. The van der Waals surface area contributed by atoms with Crippen LogP contribution in [0.4, 0.5) is 21.0 Å². The van der Waals surface area contributed by atoms with Crippen LogP contribution in [0.25, 0.3) is 0 Å². The Morgan fingerprint density at radius 1 is 0.590 bits per heavy atom. The molecular weight excluding hydrogens is 897 g/mol. The SMILES string of the molecule is COC(=O)c1ccc(CBr)cc1.COC(=O)c1ccc(CN(C(=O)N2CCS(=O)(=O)CC2)c2ccc(OC)cc2)cc1.COc1ccc(NC(=O)N2CCS(=O)(=O)CC2)cc1. The Morgan fingerprint density at radius 2 is 1.00 bits per heavy atom. The molecule has 328 valence electrons. The fraction of sp³-hybridized carbons (Fsp3) is 0.333. The van der Waals surface area contributed by atoms with Crippen molar-refractivity contribution in [2.24, 2.45) is 0 Å². The lowest BCUT2D eigenvalue weighted by molar-refractivity contribution is 0.0592. The maximum absolute atomic E-state index is 13.2. The number of benzene rings is 4. The van der Waals surface area contributed by atoms with Crippen molar-refractivity contribution in [3.63, 3.8) is 0 Å². The number of urea groups is 2. The molecule has 0 spiro atoms. The average molecular weight is 946 g/mol. The van der Waals surface area contributed by atoms with Crippen molar-refractivity contribution < 1.29 is 55.0 Å². The summed E-state index contributed by atoms with van der Waals surface area (Å²) in [5.41, 5.74) is 4.27. The topological polar surface area (TPSA) is 195 Å². The molecule has 16 nitrogen and oxygen atoms in total. The van der Waals surface area contributed by atoms with Gasteiger partial charge in [-0.25, -0.2) is 36.0 Å². The molecule has 61 heavy (non-hydrogen) atoms. The lowest BCUT2D eigenvalue weighted by Crippen LogP contribution is -2.49. The van der Waals surface area contributed by atoms with Crippen LogP contribution in [0.5, 0.6) is 11.5 Å². The number of carbonyl (C=O) groups is 4. The Hall–Kier alpha value is -5.66. The highest BCUT2D eigenvalue weighted by atomic mass is 79.9. The lowest BCUT2D eigenvalue weighted by Gasteiger charge is -2.33. The van der Waals surface area contributed by atoms with Crippen molar-refractivity contribution in [2.45, 2.75) is 11.9 Å². The van der Waals surface area contributed by atoms with E-state index in [1.54, 1.807) is 109 Å². The summed E-state index contributed by atoms with van der Waals surface area (Å²) in [6.07, 6.45) is 0. The van der Waals surface area contributed by atoms with E-state index in [-0.39, 0.29) is 73.8 Å². The largest absolute Gasteiger partial charge is 0.497 e. The summed E-state index contributed by atoms with van der Waals surface area (Å²) >= 11 is 3.32. The van der Waals surface area contributed by atoms with Crippen molar-refractivity contribution in [3.8, 4) is 11.5 Å². The number of hydrogen-bond acceptors (Lipinski definition) is 12. The summed E-state index contributed by atoms with van der Waals surface area (Å²) in [5, 5.41) is 3.53. The smallest absolute Gasteiger partial charge is 0.337 e. The fourth-order valence-electron chi connectivity index (χ4n) is 5.79. The van der Waals surface area contributed by atoms with Gasteiger partial charge >= 0.3 is 24.0 Å². The first-order chi connectivity index (χ1) is 29.1. The van der Waals surface area contributed by atoms with E-state index < -0.39 is 25.6 Å². The van der Waals surface area contributed by atoms with Crippen LogP contribution in [0, 0.1) is 0 Å². The van der Waals surface area contributed by atoms with Gasteiger partial charge in [-0.05, 0) is 83.9 Å². The molecule has 4 aromatic rings. The van der Waals surface area contributed by atoms with Crippen LogP contribution in [0.3, 0.4) is 0 Å². The number of sulfone groups is 2. The molecule has 0 radical (unpaired) electrons. The molecule has 4 amide bonds. The van der Waals surface area contributed by atoms with Gasteiger partial charge in [-0.1, -0.05) is 40.2 Å². The van der Waals surface area contributed by atoms with E-state index >= 15 is 0 Å². The number of methoxy groups -OCH3 is 4. The number of halogens is 1. The molecular formula is C42H49BrN4O12S2. The minimum absolute atomic E-state index is 0.0308. The van der Waals surface area contributed by atoms with E-state index in [2.05, 4.69) is 26.0 Å². The van der Waals surface area contributed by atoms with Crippen molar-refractivity contribution >= 4 is 71.0 Å². The van der Waals surface area contributed by atoms with Crippen molar-refractivity contribution in [1.82, 2.24) is 9.80 Å². The fourth-order valence-corrected chi connectivity index (χ4v) is 8.57. The predicted molar refractivity (Wildman–Crippen MR) is 235 cm³/mol. The minimum Gasteiger partial charge on any atom is -0.497 e. The molecule has 2 aliphatic rings. The van der Waals surface area contributed by atoms with Crippen LogP contribution in [-0.2, 0) is 41.0 Å². The Balaban J connectivity index is 0.000000224. The first-order valence-corrected chi connectivity index (χ1v) is 23.6. The van der Waals surface area contributed by atoms with Crippen LogP contribution < -0.4 is 19.7 Å². The number of nitrogens with zero attached hydrogens (tertiary/aromatic N) is 3. The molecule has 0 aliphatic carbocycles. The summed E-state index contributed by atoms with van der Waals surface area (Å²) in [4.78, 5) is 52.4. The van der Waals surface area contributed by atoms with Crippen LogP contribution in [0.2, 0.25) is 0 Å². The predicted octanol–water partition coefficient (Wildman–Crippen LogP) is 5.66. The molecule has 19 heteroatoms. The second kappa shape index (κ2) is 22.8. The zero-order chi connectivity index (χ0) is 44.6. The van der Waals surface area contributed by atoms with Gasteiger partial charge < -0.3 is 34.1 Å². The van der Waals surface area contributed by atoms with E-state index in [1.165, 1.54) is 19.1 Å². The van der Waals surface area contributed by atoms with Gasteiger partial charge in [0, 0.05) is 42.9 Å². The summed E-state index contributed by atoms with van der Waals surface area (Å²) in [6.45, 7) is 1.06.